The summed E-state index contributed by atoms with van der Waals surface area (Å²) in [5, 5.41) is 6.23. The van der Waals surface area contributed by atoms with Crippen molar-refractivity contribution in [2.45, 2.75) is 27.7 Å². The molecule has 138 valence electrons. The lowest BCUT2D eigenvalue weighted by Crippen LogP contribution is -2.27. The fourth-order valence-electron chi connectivity index (χ4n) is 3.32. The molecule has 0 aliphatic heterocycles. The van der Waals surface area contributed by atoms with E-state index in [2.05, 4.69) is 27.7 Å². The van der Waals surface area contributed by atoms with Crippen LogP contribution in [0.15, 0.2) is 42.6 Å². The molecule has 0 radical (unpaired) electrons. The van der Waals surface area contributed by atoms with Gasteiger partial charge in [0, 0.05) is 31.1 Å². The maximum Gasteiger partial charge on any atom is 0.252 e. The number of carbonyl (C=O) groups excluding carboxylic acids is 1. The van der Waals surface area contributed by atoms with Crippen LogP contribution in [-0.4, -0.2) is 20.3 Å². The molecule has 0 saturated heterocycles. The van der Waals surface area contributed by atoms with Crippen LogP contribution in [0.25, 0.3) is 27.5 Å². The molecule has 0 aliphatic carbocycles. The van der Waals surface area contributed by atoms with Crippen molar-refractivity contribution in [1.82, 2.24) is 14.3 Å². The van der Waals surface area contributed by atoms with Crippen molar-refractivity contribution in [3.63, 3.8) is 0 Å². The zero-order valence-electron chi connectivity index (χ0n) is 15.5. The molecule has 0 amide bonds. The van der Waals surface area contributed by atoms with Crippen LogP contribution in [-0.2, 0) is 0 Å². The predicted octanol–water partition coefficient (Wildman–Crippen LogP) is 5.72. The summed E-state index contributed by atoms with van der Waals surface area (Å²) in [5.41, 5.74) is 3.04. The molecular weight excluding hydrogens is 456 g/mol. The van der Waals surface area contributed by atoms with Crippen molar-refractivity contribution in [2.24, 2.45) is 5.41 Å². The van der Waals surface area contributed by atoms with Gasteiger partial charge in [0.15, 0.2) is 0 Å². The van der Waals surface area contributed by atoms with E-state index in [4.69, 9.17) is 0 Å². The summed E-state index contributed by atoms with van der Waals surface area (Å²) in [6.07, 6.45) is 1.71. The fraction of sp³-hybridized carbons (Fsp3) is 0.238. The van der Waals surface area contributed by atoms with E-state index in [0.29, 0.717) is 0 Å². The van der Waals surface area contributed by atoms with Crippen molar-refractivity contribution in [2.75, 3.05) is 0 Å². The molecule has 2 aromatic heterocycles. The molecule has 27 heavy (non-hydrogen) atoms. The van der Waals surface area contributed by atoms with Gasteiger partial charge in [-0.1, -0.05) is 26.8 Å². The highest BCUT2D eigenvalue weighted by molar-refractivity contribution is 14.1. The Hall–Kier alpha value is -2.22. The first-order valence-electron chi connectivity index (χ1n) is 8.67. The SMILES string of the molecule is Cc1c(I)c2cc3c(cnn3C(=O)C(C)(C)C)cc2n1-c1cccc(F)c1. The number of hydrogen-bond acceptors (Lipinski definition) is 2. The van der Waals surface area contributed by atoms with Crippen LogP contribution in [0.4, 0.5) is 4.39 Å². The van der Waals surface area contributed by atoms with Gasteiger partial charge in [0.1, 0.15) is 5.82 Å². The third kappa shape index (κ3) is 2.86. The number of carbonyl (C=O) groups is 1. The van der Waals surface area contributed by atoms with Gasteiger partial charge in [-0.05, 0) is 59.8 Å². The zero-order chi connectivity index (χ0) is 19.5. The molecule has 4 rings (SSSR count). The number of benzene rings is 2. The second kappa shape index (κ2) is 6.15. The minimum atomic E-state index is -0.523. The lowest BCUT2D eigenvalue weighted by molar-refractivity contribution is 0.0755. The summed E-state index contributed by atoms with van der Waals surface area (Å²) < 4.78 is 18.4. The fourth-order valence-corrected chi connectivity index (χ4v) is 4.00. The average Bonchev–Trinajstić information content (AvgIpc) is 3.11. The van der Waals surface area contributed by atoms with Gasteiger partial charge in [-0.15, -0.1) is 0 Å². The van der Waals surface area contributed by atoms with Crippen LogP contribution in [0.5, 0.6) is 0 Å². The highest BCUT2D eigenvalue weighted by Gasteiger charge is 2.26. The van der Waals surface area contributed by atoms with E-state index in [-0.39, 0.29) is 11.7 Å². The largest absolute Gasteiger partial charge is 0.313 e. The standard InChI is InChI=1S/C21H19FIN3O/c1-12-19(23)16-10-17-13(11-24-26(17)20(27)21(2,3)4)8-18(16)25(12)15-7-5-6-14(22)9-15/h5-11H,1-4H3. The topological polar surface area (TPSA) is 39.8 Å². The number of hydrogen-bond donors (Lipinski definition) is 0. The summed E-state index contributed by atoms with van der Waals surface area (Å²) in [6.45, 7) is 7.67. The second-order valence-corrected chi connectivity index (χ2v) is 8.83. The monoisotopic (exact) mass is 475 g/mol. The van der Waals surface area contributed by atoms with E-state index in [0.717, 1.165) is 36.8 Å². The average molecular weight is 475 g/mol. The van der Waals surface area contributed by atoms with E-state index >= 15 is 0 Å². The van der Waals surface area contributed by atoms with Crippen LogP contribution in [0, 0.1) is 21.7 Å². The first-order chi connectivity index (χ1) is 12.7. The highest BCUT2D eigenvalue weighted by Crippen LogP contribution is 2.34. The number of nitrogens with zero attached hydrogens (tertiary/aromatic N) is 3. The third-order valence-electron chi connectivity index (χ3n) is 4.72. The minimum absolute atomic E-state index is 0.0480. The van der Waals surface area contributed by atoms with Gasteiger partial charge in [-0.25, -0.2) is 4.39 Å². The van der Waals surface area contributed by atoms with Crippen LogP contribution in [0.1, 0.15) is 31.3 Å². The molecule has 6 heteroatoms. The second-order valence-electron chi connectivity index (χ2n) is 7.75. The normalized spacial score (nSPS) is 12.2. The molecule has 2 aromatic carbocycles. The quantitative estimate of drug-likeness (QED) is 0.331. The van der Waals surface area contributed by atoms with Crippen molar-refractivity contribution in [1.29, 1.82) is 0 Å². The summed E-state index contributed by atoms with van der Waals surface area (Å²) in [6, 6.07) is 10.6. The molecule has 0 fully saturated rings. The summed E-state index contributed by atoms with van der Waals surface area (Å²) in [4.78, 5) is 12.7. The van der Waals surface area contributed by atoms with Crippen molar-refractivity contribution >= 4 is 50.3 Å². The maximum absolute atomic E-state index is 13.8. The van der Waals surface area contributed by atoms with Gasteiger partial charge in [-0.2, -0.15) is 9.78 Å². The smallest absolute Gasteiger partial charge is 0.252 e. The Balaban J connectivity index is 2.02. The lowest BCUT2D eigenvalue weighted by Gasteiger charge is -2.16. The lowest BCUT2D eigenvalue weighted by atomic mass is 9.96. The minimum Gasteiger partial charge on any atom is -0.313 e. The van der Waals surface area contributed by atoms with Crippen LogP contribution >= 0.6 is 22.6 Å². The van der Waals surface area contributed by atoms with Gasteiger partial charge in [0.05, 0.1) is 17.2 Å². The molecule has 0 unspecified atom stereocenters. The van der Waals surface area contributed by atoms with Crippen molar-refractivity contribution in [3.8, 4) is 5.69 Å². The Kier molecular flexibility index (Phi) is 4.14. The van der Waals surface area contributed by atoms with Crippen LogP contribution in [0.2, 0.25) is 0 Å². The maximum atomic E-state index is 13.8. The number of fused-ring (bicyclic) bond motifs is 2. The first-order valence-corrected chi connectivity index (χ1v) is 9.75. The van der Waals surface area contributed by atoms with E-state index in [9.17, 15) is 9.18 Å². The molecule has 4 nitrogen and oxygen atoms in total. The molecule has 0 saturated carbocycles. The van der Waals surface area contributed by atoms with Gasteiger partial charge in [0.25, 0.3) is 5.91 Å². The Labute approximate surface area is 170 Å². The van der Waals surface area contributed by atoms with Crippen LogP contribution in [0.3, 0.4) is 0 Å². The molecule has 4 aromatic rings. The zero-order valence-corrected chi connectivity index (χ0v) is 17.7. The number of rotatable bonds is 1. The predicted molar refractivity (Wildman–Crippen MR) is 114 cm³/mol. The molecule has 0 N–H and O–H groups in total. The molecule has 0 aliphatic rings. The van der Waals surface area contributed by atoms with E-state index in [1.54, 1.807) is 12.3 Å². The van der Waals surface area contributed by atoms with Gasteiger partial charge >= 0.3 is 0 Å². The molecule has 0 spiro atoms. The van der Waals surface area contributed by atoms with Crippen molar-refractivity contribution < 1.29 is 9.18 Å². The summed E-state index contributed by atoms with van der Waals surface area (Å²) in [7, 11) is 0. The number of halogens is 2. The Morgan fingerprint density at radius 2 is 1.89 bits per heavy atom. The molecular formula is C21H19FIN3O. The summed E-state index contributed by atoms with van der Waals surface area (Å²) >= 11 is 2.31. The highest BCUT2D eigenvalue weighted by atomic mass is 127. The van der Waals surface area contributed by atoms with E-state index in [1.807, 2.05) is 50.5 Å². The molecule has 2 heterocycles. The van der Waals surface area contributed by atoms with Crippen molar-refractivity contribution in [3.05, 3.63) is 57.7 Å². The molecule has 0 bridgehead atoms. The Morgan fingerprint density at radius 3 is 2.56 bits per heavy atom. The van der Waals surface area contributed by atoms with Gasteiger partial charge in [-0.3, -0.25) is 4.79 Å². The Morgan fingerprint density at radius 1 is 1.15 bits per heavy atom. The third-order valence-corrected chi connectivity index (χ3v) is 6.08. The van der Waals surface area contributed by atoms with E-state index < -0.39 is 5.41 Å². The van der Waals surface area contributed by atoms with Gasteiger partial charge in [0.2, 0.25) is 0 Å². The molecule has 0 atom stereocenters. The number of aromatic nitrogens is 3. The Bertz CT molecular complexity index is 1210. The summed E-state index contributed by atoms with van der Waals surface area (Å²) in [5.74, 6) is -0.318. The van der Waals surface area contributed by atoms with E-state index in [1.165, 1.54) is 16.8 Å². The van der Waals surface area contributed by atoms with Crippen LogP contribution < -0.4 is 0 Å². The first kappa shape index (κ1) is 18.2. The van der Waals surface area contributed by atoms with Gasteiger partial charge < -0.3 is 4.57 Å².